The molecule has 3 fully saturated rings. The number of sulfonamides is 1. The van der Waals surface area contributed by atoms with Crippen LogP contribution in [0, 0.1) is 0 Å². The maximum Gasteiger partial charge on any atom is 0.219 e. The molecule has 0 aromatic rings. The van der Waals surface area contributed by atoms with Crippen LogP contribution in [0.5, 0.6) is 0 Å². The number of rotatable bonds is 3. The minimum absolute atomic E-state index is 0.163. The number of hydrogen-bond acceptors (Lipinski definition) is 4. The summed E-state index contributed by atoms with van der Waals surface area (Å²) < 4.78 is 33.1. The molecule has 0 bridgehead atoms. The van der Waals surface area contributed by atoms with E-state index >= 15 is 0 Å². The van der Waals surface area contributed by atoms with Crippen LogP contribution < -0.4 is 0 Å². The normalized spacial score (nSPS) is 36.3. The maximum atomic E-state index is 12.9. The summed E-state index contributed by atoms with van der Waals surface area (Å²) in [7, 11) is -3.21. The topological polar surface area (TPSA) is 49.9 Å². The van der Waals surface area contributed by atoms with E-state index in [2.05, 4.69) is 4.90 Å². The SMILES string of the molecule is C[C@@H]1OCC[C@H]1S(=O)(=O)N1CCC[C@H](N2CCCCCC2)C1. The highest BCUT2D eigenvalue weighted by atomic mass is 32.2. The molecule has 0 saturated carbocycles. The third-order valence-corrected chi connectivity index (χ3v) is 8.00. The van der Waals surface area contributed by atoms with Crippen LogP contribution in [0.25, 0.3) is 0 Å². The molecular formula is C16H30N2O3S. The highest BCUT2D eigenvalue weighted by Gasteiger charge is 2.41. The lowest BCUT2D eigenvalue weighted by Crippen LogP contribution is -2.52. The fourth-order valence-electron chi connectivity index (χ4n) is 4.21. The van der Waals surface area contributed by atoms with E-state index in [9.17, 15) is 8.42 Å². The van der Waals surface area contributed by atoms with E-state index < -0.39 is 10.0 Å². The van der Waals surface area contributed by atoms with Gasteiger partial charge in [0.2, 0.25) is 10.0 Å². The van der Waals surface area contributed by atoms with Crippen LogP contribution >= 0.6 is 0 Å². The minimum atomic E-state index is -3.21. The van der Waals surface area contributed by atoms with E-state index in [-0.39, 0.29) is 11.4 Å². The van der Waals surface area contributed by atoms with Crippen molar-refractivity contribution in [3.05, 3.63) is 0 Å². The Morgan fingerprint density at radius 1 is 0.955 bits per heavy atom. The first kappa shape index (κ1) is 16.7. The highest BCUT2D eigenvalue weighted by Crippen LogP contribution is 2.28. The summed E-state index contributed by atoms with van der Waals surface area (Å²) >= 11 is 0. The van der Waals surface area contributed by atoms with Gasteiger partial charge < -0.3 is 4.74 Å². The molecule has 3 saturated heterocycles. The number of hydrogen-bond donors (Lipinski definition) is 0. The summed E-state index contributed by atoms with van der Waals surface area (Å²) in [6.07, 6.45) is 7.78. The van der Waals surface area contributed by atoms with Crippen molar-refractivity contribution in [1.82, 2.24) is 9.21 Å². The molecule has 3 rings (SSSR count). The van der Waals surface area contributed by atoms with Gasteiger partial charge in [-0.3, -0.25) is 4.90 Å². The number of nitrogens with zero attached hydrogens (tertiary/aromatic N) is 2. The van der Waals surface area contributed by atoms with Crippen molar-refractivity contribution in [1.29, 1.82) is 0 Å². The van der Waals surface area contributed by atoms with Gasteiger partial charge in [-0.1, -0.05) is 12.8 Å². The predicted octanol–water partition coefficient (Wildman–Crippen LogP) is 1.83. The predicted molar refractivity (Wildman–Crippen MR) is 87.4 cm³/mol. The number of ether oxygens (including phenoxy) is 1. The Kier molecular flexibility index (Phi) is 5.43. The van der Waals surface area contributed by atoms with Gasteiger partial charge in [0.1, 0.15) is 5.25 Å². The van der Waals surface area contributed by atoms with Crippen LogP contribution in [-0.2, 0) is 14.8 Å². The Labute approximate surface area is 135 Å². The molecule has 6 heteroatoms. The van der Waals surface area contributed by atoms with E-state index in [1.807, 2.05) is 6.92 Å². The van der Waals surface area contributed by atoms with Gasteiger partial charge in [-0.05, 0) is 52.1 Å². The van der Waals surface area contributed by atoms with Crippen LogP contribution in [0.4, 0.5) is 0 Å². The number of piperidine rings is 1. The summed E-state index contributed by atoms with van der Waals surface area (Å²) in [6.45, 7) is 6.13. The van der Waals surface area contributed by atoms with E-state index in [4.69, 9.17) is 4.74 Å². The zero-order valence-corrected chi connectivity index (χ0v) is 14.6. The summed E-state index contributed by atoms with van der Waals surface area (Å²) in [4.78, 5) is 2.54. The summed E-state index contributed by atoms with van der Waals surface area (Å²) in [5, 5.41) is -0.338. The Morgan fingerprint density at radius 2 is 1.68 bits per heavy atom. The van der Waals surface area contributed by atoms with Crippen molar-refractivity contribution in [3.63, 3.8) is 0 Å². The zero-order chi connectivity index (χ0) is 15.6. The van der Waals surface area contributed by atoms with Gasteiger partial charge in [-0.2, -0.15) is 0 Å². The smallest absolute Gasteiger partial charge is 0.219 e. The average Bonchev–Trinajstić information content (AvgIpc) is 2.79. The van der Waals surface area contributed by atoms with Crippen LogP contribution in [0.2, 0.25) is 0 Å². The molecule has 3 atom stereocenters. The Balaban J connectivity index is 1.66. The molecule has 0 N–H and O–H groups in total. The van der Waals surface area contributed by atoms with Crippen LogP contribution in [-0.4, -0.2) is 67.8 Å². The van der Waals surface area contributed by atoms with Gasteiger partial charge in [0, 0.05) is 25.7 Å². The fourth-order valence-corrected chi connectivity index (χ4v) is 6.31. The van der Waals surface area contributed by atoms with Crippen molar-refractivity contribution < 1.29 is 13.2 Å². The molecular weight excluding hydrogens is 300 g/mol. The summed E-state index contributed by atoms with van der Waals surface area (Å²) in [5.41, 5.74) is 0. The molecule has 0 unspecified atom stereocenters. The highest BCUT2D eigenvalue weighted by molar-refractivity contribution is 7.89. The van der Waals surface area contributed by atoms with Gasteiger partial charge in [0.05, 0.1) is 6.10 Å². The molecule has 3 aliphatic rings. The van der Waals surface area contributed by atoms with Crippen molar-refractivity contribution in [2.45, 2.75) is 69.3 Å². The molecule has 0 amide bonds. The van der Waals surface area contributed by atoms with Gasteiger partial charge in [0.15, 0.2) is 0 Å². The first-order valence-electron chi connectivity index (χ1n) is 8.93. The molecule has 0 spiro atoms. The molecule has 0 aromatic carbocycles. The monoisotopic (exact) mass is 330 g/mol. The van der Waals surface area contributed by atoms with E-state index in [0.29, 0.717) is 32.2 Å². The Morgan fingerprint density at radius 3 is 2.32 bits per heavy atom. The van der Waals surface area contributed by atoms with E-state index in [1.165, 1.54) is 25.7 Å². The lowest BCUT2D eigenvalue weighted by atomic mass is 10.1. The summed E-state index contributed by atoms with van der Waals surface area (Å²) in [5.74, 6) is 0. The molecule has 0 radical (unpaired) electrons. The molecule has 0 aromatic heterocycles. The molecule has 0 aliphatic carbocycles. The quantitative estimate of drug-likeness (QED) is 0.792. The second-order valence-electron chi connectivity index (χ2n) is 7.05. The van der Waals surface area contributed by atoms with Crippen LogP contribution in [0.1, 0.15) is 51.9 Å². The molecule has 3 aliphatic heterocycles. The lowest BCUT2D eigenvalue weighted by molar-refractivity contribution is 0.122. The van der Waals surface area contributed by atoms with Gasteiger partial charge in [0.25, 0.3) is 0 Å². The van der Waals surface area contributed by atoms with E-state index in [1.54, 1.807) is 4.31 Å². The first-order chi connectivity index (χ1) is 10.6. The average molecular weight is 330 g/mol. The summed E-state index contributed by atoms with van der Waals surface area (Å²) in [6, 6.07) is 0.416. The second-order valence-corrected chi connectivity index (χ2v) is 9.20. The van der Waals surface area contributed by atoms with Crippen molar-refractivity contribution in [2.75, 3.05) is 32.8 Å². The maximum absolute atomic E-state index is 12.9. The second kappa shape index (κ2) is 7.16. The van der Waals surface area contributed by atoms with Crippen molar-refractivity contribution in [2.24, 2.45) is 0 Å². The minimum Gasteiger partial charge on any atom is -0.377 e. The van der Waals surface area contributed by atoms with Gasteiger partial charge in [-0.25, -0.2) is 12.7 Å². The van der Waals surface area contributed by atoms with Crippen molar-refractivity contribution in [3.8, 4) is 0 Å². The number of likely N-dealkylation sites (tertiary alicyclic amines) is 1. The van der Waals surface area contributed by atoms with Crippen LogP contribution in [0.3, 0.4) is 0 Å². The molecule has 22 heavy (non-hydrogen) atoms. The molecule has 3 heterocycles. The Bertz CT molecular complexity index is 460. The first-order valence-corrected chi connectivity index (χ1v) is 10.4. The zero-order valence-electron chi connectivity index (χ0n) is 13.7. The lowest BCUT2D eigenvalue weighted by Gasteiger charge is -2.39. The molecule has 5 nitrogen and oxygen atoms in total. The molecule has 128 valence electrons. The third kappa shape index (κ3) is 3.50. The fraction of sp³-hybridized carbons (Fsp3) is 1.00. The van der Waals surface area contributed by atoms with Crippen molar-refractivity contribution >= 4 is 10.0 Å². The van der Waals surface area contributed by atoms with Gasteiger partial charge in [-0.15, -0.1) is 0 Å². The van der Waals surface area contributed by atoms with E-state index in [0.717, 1.165) is 25.9 Å². The van der Waals surface area contributed by atoms with Gasteiger partial charge >= 0.3 is 0 Å². The van der Waals surface area contributed by atoms with Crippen LogP contribution in [0.15, 0.2) is 0 Å². The largest absolute Gasteiger partial charge is 0.377 e. The standard InChI is InChI=1S/C16H30N2O3S/c1-14-16(8-12-21-14)22(19,20)18-11-6-7-15(13-18)17-9-4-2-3-5-10-17/h14-16H,2-13H2,1H3/t14-,15-,16+/m0/s1. The third-order valence-electron chi connectivity index (χ3n) is 5.57. The Hall–Kier alpha value is -0.170.